The average Bonchev–Trinajstić information content (AvgIpc) is 3.45. The first kappa shape index (κ1) is 22.6. The normalized spacial score (nSPS) is 12.1. The predicted molar refractivity (Wildman–Crippen MR) is 139 cm³/mol. The van der Waals surface area contributed by atoms with Crippen LogP contribution >= 0.6 is 0 Å². The molecule has 2 N–H and O–H groups in total. The van der Waals surface area contributed by atoms with Gasteiger partial charge in [0, 0.05) is 46.3 Å². The zero-order valence-corrected chi connectivity index (χ0v) is 20.2. The molecule has 0 aliphatic carbocycles. The SMILES string of the molecule is COc1cccc(C(CNC(=O)Cn2c(C)cc3ccccc32)c2c[nH]c3ccccc23)c1OC. The number of carbonyl (C=O) groups is 1. The van der Waals surface area contributed by atoms with Crippen LogP contribution in [0.5, 0.6) is 11.5 Å². The summed E-state index contributed by atoms with van der Waals surface area (Å²) in [7, 11) is 3.28. The second-order valence-electron chi connectivity index (χ2n) is 8.66. The summed E-state index contributed by atoms with van der Waals surface area (Å²) in [6.07, 6.45) is 2.02. The van der Waals surface area contributed by atoms with Gasteiger partial charge in [-0.05, 0) is 42.1 Å². The van der Waals surface area contributed by atoms with Crippen LogP contribution in [0.25, 0.3) is 21.8 Å². The van der Waals surface area contributed by atoms with Crippen molar-refractivity contribution in [2.75, 3.05) is 20.8 Å². The number of ether oxygens (including phenoxy) is 2. The first-order valence-corrected chi connectivity index (χ1v) is 11.7. The fourth-order valence-corrected chi connectivity index (χ4v) is 4.93. The molecular formula is C29H29N3O3. The number of hydrogen-bond acceptors (Lipinski definition) is 3. The van der Waals surface area contributed by atoms with Crippen LogP contribution < -0.4 is 14.8 Å². The van der Waals surface area contributed by atoms with Crippen molar-refractivity contribution < 1.29 is 14.3 Å². The summed E-state index contributed by atoms with van der Waals surface area (Å²) >= 11 is 0. The van der Waals surface area contributed by atoms with E-state index in [1.165, 1.54) is 0 Å². The molecule has 2 aromatic heterocycles. The van der Waals surface area contributed by atoms with Gasteiger partial charge >= 0.3 is 0 Å². The minimum absolute atomic E-state index is 0.0406. The van der Waals surface area contributed by atoms with Gasteiger partial charge in [0.2, 0.25) is 5.91 Å². The van der Waals surface area contributed by atoms with Crippen LogP contribution in [-0.2, 0) is 11.3 Å². The topological polar surface area (TPSA) is 68.3 Å². The van der Waals surface area contributed by atoms with E-state index in [-0.39, 0.29) is 18.4 Å². The van der Waals surface area contributed by atoms with E-state index < -0.39 is 0 Å². The lowest BCUT2D eigenvalue weighted by atomic mass is 9.90. The molecule has 0 aliphatic heterocycles. The van der Waals surface area contributed by atoms with Crippen molar-refractivity contribution in [2.45, 2.75) is 19.4 Å². The highest BCUT2D eigenvalue weighted by atomic mass is 16.5. The van der Waals surface area contributed by atoms with E-state index in [9.17, 15) is 4.79 Å². The van der Waals surface area contributed by atoms with Crippen molar-refractivity contribution in [2.24, 2.45) is 0 Å². The van der Waals surface area contributed by atoms with Crippen molar-refractivity contribution in [3.05, 3.63) is 95.8 Å². The summed E-state index contributed by atoms with van der Waals surface area (Å²) in [6, 6.07) is 24.3. The number of aromatic nitrogens is 2. The molecule has 0 saturated heterocycles. The van der Waals surface area contributed by atoms with E-state index in [1.807, 2.05) is 61.7 Å². The summed E-state index contributed by atoms with van der Waals surface area (Å²) in [5.74, 6) is 1.16. The fourth-order valence-electron chi connectivity index (χ4n) is 4.93. The number of aromatic amines is 1. The minimum Gasteiger partial charge on any atom is -0.493 e. The summed E-state index contributed by atoms with van der Waals surface area (Å²) in [6.45, 7) is 2.71. The second kappa shape index (κ2) is 9.58. The number of nitrogens with one attached hydrogen (secondary N) is 2. The van der Waals surface area contributed by atoms with Gasteiger partial charge in [-0.3, -0.25) is 4.79 Å². The molecule has 35 heavy (non-hydrogen) atoms. The van der Waals surface area contributed by atoms with Crippen molar-refractivity contribution in [1.82, 2.24) is 14.9 Å². The fraction of sp³-hybridized carbons (Fsp3) is 0.207. The molecule has 6 nitrogen and oxygen atoms in total. The zero-order chi connectivity index (χ0) is 24.4. The Hall–Kier alpha value is -4.19. The van der Waals surface area contributed by atoms with Crippen LogP contribution in [0, 0.1) is 6.92 Å². The Morgan fingerprint density at radius 2 is 1.77 bits per heavy atom. The summed E-state index contributed by atoms with van der Waals surface area (Å²) in [5, 5.41) is 5.43. The number of aryl methyl sites for hydroxylation is 1. The van der Waals surface area contributed by atoms with Crippen LogP contribution in [-0.4, -0.2) is 36.2 Å². The van der Waals surface area contributed by atoms with Gasteiger partial charge in [0.05, 0.1) is 14.2 Å². The number of nitrogens with zero attached hydrogens (tertiary/aromatic N) is 1. The molecule has 5 aromatic rings. The molecular weight excluding hydrogens is 438 g/mol. The second-order valence-corrected chi connectivity index (χ2v) is 8.66. The van der Waals surface area contributed by atoms with E-state index in [4.69, 9.17) is 9.47 Å². The monoisotopic (exact) mass is 467 g/mol. The lowest BCUT2D eigenvalue weighted by Gasteiger charge is -2.22. The Labute approximate surface area is 204 Å². The molecule has 5 rings (SSSR count). The molecule has 0 fully saturated rings. The molecule has 1 atom stereocenters. The maximum absolute atomic E-state index is 13.2. The van der Waals surface area contributed by atoms with Crippen LogP contribution in [0.15, 0.2) is 79.0 Å². The molecule has 0 radical (unpaired) electrons. The number of fused-ring (bicyclic) bond motifs is 2. The largest absolute Gasteiger partial charge is 0.493 e. The Morgan fingerprint density at radius 3 is 2.60 bits per heavy atom. The molecule has 2 heterocycles. The molecule has 178 valence electrons. The van der Waals surface area contributed by atoms with Gasteiger partial charge in [-0.1, -0.05) is 48.5 Å². The number of rotatable bonds is 8. The Kier molecular flexibility index (Phi) is 6.19. The van der Waals surface area contributed by atoms with Gasteiger partial charge < -0.3 is 24.3 Å². The molecule has 0 saturated carbocycles. The van der Waals surface area contributed by atoms with Gasteiger partial charge in [0.1, 0.15) is 6.54 Å². The first-order valence-electron chi connectivity index (χ1n) is 11.7. The summed E-state index contributed by atoms with van der Waals surface area (Å²) in [4.78, 5) is 16.5. The van der Waals surface area contributed by atoms with Crippen LogP contribution in [0.2, 0.25) is 0 Å². The first-order chi connectivity index (χ1) is 17.1. The highest BCUT2D eigenvalue weighted by molar-refractivity contribution is 5.86. The van der Waals surface area contributed by atoms with Crippen molar-refractivity contribution >= 4 is 27.7 Å². The number of benzene rings is 3. The standard InChI is InChI=1S/C29H29N3O3/c1-19-15-20-9-4-7-13-26(20)32(19)18-28(33)31-17-24(22-11-8-14-27(34-2)29(22)35-3)23-16-30-25-12-6-5-10-21(23)25/h4-16,24,30H,17-18H2,1-3H3,(H,31,33). The van der Waals surface area contributed by atoms with Gasteiger partial charge in [-0.15, -0.1) is 0 Å². The zero-order valence-electron chi connectivity index (χ0n) is 20.2. The van der Waals surface area contributed by atoms with E-state index in [0.29, 0.717) is 18.0 Å². The summed E-state index contributed by atoms with van der Waals surface area (Å²) < 4.78 is 13.4. The third kappa shape index (κ3) is 4.23. The van der Waals surface area contributed by atoms with Gasteiger partial charge in [-0.2, -0.15) is 0 Å². The summed E-state index contributed by atoms with van der Waals surface area (Å²) in [5.41, 5.74) is 5.22. The molecule has 0 aliphatic rings. The van der Waals surface area contributed by atoms with Crippen LogP contribution in [0.4, 0.5) is 0 Å². The third-order valence-electron chi connectivity index (χ3n) is 6.63. The van der Waals surface area contributed by atoms with Crippen molar-refractivity contribution in [3.63, 3.8) is 0 Å². The van der Waals surface area contributed by atoms with E-state index >= 15 is 0 Å². The molecule has 1 amide bonds. The van der Waals surface area contributed by atoms with Gasteiger partial charge in [0.15, 0.2) is 11.5 Å². The Balaban J connectivity index is 1.47. The maximum Gasteiger partial charge on any atom is 0.239 e. The minimum atomic E-state index is -0.136. The molecule has 1 unspecified atom stereocenters. The van der Waals surface area contributed by atoms with E-state index in [0.717, 1.165) is 38.6 Å². The van der Waals surface area contributed by atoms with Gasteiger partial charge in [0.25, 0.3) is 0 Å². The lowest BCUT2D eigenvalue weighted by Crippen LogP contribution is -2.32. The number of methoxy groups -OCH3 is 2. The quantitative estimate of drug-likeness (QED) is 0.321. The van der Waals surface area contributed by atoms with Crippen LogP contribution in [0.3, 0.4) is 0 Å². The Morgan fingerprint density at radius 1 is 0.971 bits per heavy atom. The number of para-hydroxylation sites is 3. The van der Waals surface area contributed by atoms with Crippen molar-refractivity contribution in [3.8, 4) is 11.5 Å². The lowest BCUT2D eigenvalue weighted by molar-refractivity contribution is -0.121. The highest BCUT2D eigenvalue weighted by Crippen LogP contribution is 2.40. The number of hydrogen-bond donors (Lipinski definition) is 2. The number of H-pyrrole nitrogens is 1. The molecule has 0 bridgehead atoms. The molecule has 6 heteroatoms. The van der Waals surface area contributed by atoms with E-state index in [2.05, 4.69) is 39.1 Å². The average molecular weight is 468 g/mol. The number of carbonyl (C=O) groups excluding carboxylic acids is 1. The van der Waals surface area contributed by atoms with Crippen LogP contribution in [0.1, 0.15) is 22.7 Å². The maximum atomic E-state index is 13.2. The van der Waals surface area contributed by atoms with Gasteiger partial charge in [-0.25, -0.2) is 0 Å². The molecule has 0 spiro atoms. The number of amides is 1. The third-order valence-corrected chi connectivity index (χ3v) is 6.63. The van der Waals surface area contributed by atoms with E-state index in [1.54, 1.807) is 14.2 Å². The predicted octanol–water partition coefficient (Wildman–Crippen LogP) is 5.40. The van der Waals surface area contributed by atoms with Crippen molar-refractivity contribution in [1.29, 1.82) is 0 Å². The molecule has 3 aromatic carbocycles. The highest BCUT2D eigenvalue weighted by Gasteiger charge is 2.24. The Bertz CT molecular complexity index is 1500. The smallest absolute Gasteiger partial charge is 0.239 e.